The van der Waals surface area contributed by atoms with E-state index in [1.165, 1.54) is 19.3 Å². The highest BCUT2D eigenvalue weighted by atomic mass is 16.2. The maximum Gasteiger partial charge on any atom is 0.257 e. The fraction of sp³-hybridized carbons (Fsp3) is 0.538. The molecule has 2 rings (SSSR count). The highest BCUT2D eigenvalue weighted by Gasteiger charge is 2.24. The van der Waals surface area contributed by atoms with Crippen LogP contribution >= 0.6 is 0 Å². The summed E-state index contributed by atoms with van der Waals surface area (Å²) in [6.07, 6.45) is 7.51. The third kappa shape index (κ3) is 2.57. The Labute approximate surface area is 102 Å². The number of carbonyl (C=O) groups is 1. The molecule has 1 fully saturated rings. The fourth-order valence-electron chi connectivity index (χ4n) is 2.42. The second-order valence-electron chi connectivity index (χ2n) is 4.64. The minimum absolute atomic E-state index is 0.0116. The summed E-state index contributed by atoms with van der Waals surface area (Å²) in [5, 5.41) is 0. The predicted molar refractivity (Wildman–Crippen MR) is 67.6 cm³/mol. The molecule has 92 valence electrons. The molecule has 0 radical (unpaired) electrons. The normalized spacial score (nSPS) is 16.8. The first-order valence-electron chi connectivity index (χ1n) is 6.18. The van der Waals surface area contributed by atoms with Crippen LogP contribution in [0.25, 0.3) is 0 Å². The van der Waals surface area contributed by atoms with Gasteiger partial charge in [0.05, 0.1) is 5.56 Å². The number of carbonyl (C=O) groups excluding carboxylic acids is 1. The number of rotatable bonds is 2. The number of pyridine rings is 1. The molecule has 0 aliphatic heterocycles. The van der Waals surface area contributed by atoms with Crippen molar-refractivity contribution in [2.75, 3.05) is 12.8 Å². The molecule has 0 unspecified atom stereocenters. The van der Waals surface area contributed by atoms with Gasteiger partial charge in [-0.05, 0) is 25.0 Å². The summed E-state index contributed by atoms with van der Waals surface area (Å²) in [6, 6.07) is 3.85. The first-order valence-corrected chi connectivity index (χ1v) is 6.18. The Morgan fingerprint density at radius 1 is 1.41 bits per heavy atom. The monoisotopic (exact) mass is 233 g/mol. The van der Waals surface area contributed by atoms with Crippen molar-refractivity contribution >= 4 is 11.7 Å². The van der Waals surface area contributed by atoms with E-state index in [2.05, 4.69) is 4.98 Å². The number of nitrogens with zero attached hydrogens (tertiary/aromatic N) is 2. The lowest BCUT2D eigenvalue weighted by Crippen LogP contribution is -2.38. The minimum Gasteiger partial charge on any atom is -0.383 e. The van der Waals surface area contributed by atoms with E-state index >= 15 is 0 Å². The number of nitrogen functional groups attached to an aromatic ring is 1. The van der Waals surface area contributed by atoms with Gasteiger partial charge in [-0.15, -0.1) is 0 Å². The molecule has 1 aliphatic carbocycles. The van der Waals surface area contributed by atoms with Crippen LogP contribution in [-0.4, -0.2) is 28.9 Å². The van der Waals surface area contributed by atoms with Gasteiger partial charge in [0, 0.05) is 19.3 Å². The molecule has 4 nitrogen and oxygen atoms in total. The highest BCUT2D eigenvalue weighted by molar-refractivity contribution is 5.98. The Morgan fingerprint density at radius 3 is 2.76 bits per heavy atom. The average molecular weight is 233 g/mol. The Kier molecular flexibility index (Phi) is 3.61. The summed E-state index contributed by atoms with van der Waals surface area (Å²) < 4.78 is 0. The van der Waals surface area contributed by atoms with Crippen molar-refractivity contribution in [2.45, 2.75) is 38.1 Å². The molecule has 1 aliphatic rings. The molecule has 0 saturated heterocycles. The highest BCUT2D eigenvalue weighted by Crippen LogP contribution is 2.23. The first-order chi connectivity index (χ1) is 8.20. The molecule has 1 saturated carbocycles. The SMILES string of the molecule is CN(C(=O)c1cccnc1N)C1CCCCC1. The van der Waals surface area contributed by atoms with Crippen molar-refractivity contribution in [1.82, 2.24) is 9.88 Å². The zero-order chi connectivity index (χ0) is 12.3. The Morgan fingerprint density at radius 2 is 2.12 bits per heavy atom. The van der Waals surface area contributed by atoms with E-state index in [1.807, 2.05) is 11.9 Å². The minimum atomic E-state index is -0.0116. The number of amides is 1. The van der Waals surface area contributed by atoms with Crippen LogP contribution in [0.4, 0.5) is 5.82 Å². The second kappa shape index (κ2) is 5.17. The molecule has 1 aromatic heterocycles. The lowest BCUT2D eigenvalue weighted by atomic mass is 9.94. The van der Waals surface area contributed by atoms with Crippen LogP contribution in [-0.2, 0) is 0 Å². The van der Waals surface area contributed by atoms with Gasteiger partial charge in [-0.3, -0.25) is 4.79 Å². The van der Waals surface area contributed by atoms with Crippen molar-refractivity contribution < 1.29 is 4.79 Å². The van der Waals surface area contributed by atoms with E-state index in [9.17, 15) is 4.79 Å². The van der Waals surface area contributed by atoms with Gasteiger partial charge in [0.25, 0.3) is 5.91 Å². The zero-order valence-corrected chi connectivity index (χ0v) is 10.2. The van der Waals surface area contributed by atoms with Gasteiger partial charge in [0.2, 0.25) is 0 Å². The van der Waals surface area contributed by atoms with Crippen LogP contribution in [0.15, 0.2) is 18.3 Å². The molecule has 1 heterocycles. The van der Waals surface area contributed by atoms with Gasteiger partial charge < -0.3 is 10.6 Å². The van der Waals surface area contributed by atoms with Crippen molar-refractivity contribution in [2.24, 2.45) is 0 Å². The van der Waals surface area contributed by atoms with Crippen molar-refractivity contribution in [1.29, 1.82) is 0 Å². The summed E-state index contributed by atoms with van der Waals surface area (Å²) in [6.45, 7) is 0. The van der Waals surface area contributed by atoms with Crippen molar-refractivity contribution in [3.8, 4) is 0 Å². The first kappa shape index (κ1) is 11.9. The smallest absolute Gasteiger partial charge is 0.257 e. The van der Waals surface area contributed by atoms with Gasteiger partial charge in [-0.2, -0.15) is 0 Å². The van der Waals surface area contributed by atoms with Crippen molar-refractivity contribution in [3.05, 3.63) is 23.9 Å². The molecule has 4 heteroatoms. The Hall–Kier alpha value is -1.58. The van der Waals surface area contributed by atoms with Crippen molar-refractivity contribution in [3.63, 3.8) is 0 Å². The third-order valence-corrected chi connectivity index (χ3v) is 3.51. The van der Waals surface area contributed by atoms with Crippen LogP contribution < -0.4 is 5.73 Å². The number of nitrogens with two attached hydrogens (primary N) is 1. The molecule has 1 amide bonds. The maximum atomic E-state index is 12.3. The zero-order valence-electron chi connectivity index (χ0n) is 10.2. The summed E-state index contributed by atoms with van der Waals surface area (Å²) in [5.41, 5.74) is 6.24. The van der Waals surface area contributed by atoms with Crippen LogP contribution in [0, 0.1) is 0 Å². The molecule has 0 aromatic carbocycles. The standard InChI is InChI=1S/C13H19N3O/c1-16(10-6-3-2-4-7-10)13(17)11-8-5-9-15-12(11)14/h5,8-10H,2-4,6-7H2,1H3,(H2,14,15). The third-order valence-electron chi connectivity index (χ3n) is 3.51. The quantitative estimate of drug-likeness (QED) is 0.850. The lowest BCUT2D eigenvalue weighted by Gasteiger charge is -2.31. The predicted octanol–water partition coefficient (Wildman–Crippen LogP) is 2.07. The van der Waals surface area contributed by atoms with Crippen LogP contribution in [0.1, 0.15) is 42.5 Å². The van der Waals surface area contributed by atoms with Gasteiger partial charge in [-0.25, -0.2) is 4.98 Å². The molecule has 17 heavy (non-hydrogen) atoms. The molecule has 1 aromatic rings. The van der Waals surface area contributed by atoms with E-state index in [1.54, 1.807) is 18.3 Å². The molecule has 0 bridgehead atoms. The van der Waals surface area contributed by atoms with E-state index in [4.69, 9.17) is 5.73 Å². The van der Waals surface area contributed by atoms with E-state index in [0.29, 0.717) is 17.4 Å². The van der Waals surface area contributed by atoms with Gasteiger partial charge >= 0.3 is 0 Å². The fourth-order valence-corrected chi connectivity index (χ4v) is 2.42. The van der Waals surface area contributed by atoms with Crippen LogP contribution in [0.5, 0.6) is 0 Å². The maximum absolute atomic E-state index is 12.3. The molecule has 0 atom stereocenters. The Bertz CT molecular complexity index is 399. The number of hydrogen-bond donors (Lipinski definition) is 1. The lowest BCUT2D eigenvalue weighted by molar-refractivity contribution is 0.0697. The van der Waals surface area contributed by atoms with Crippen LogP contribution in [0.3, 0.4) is 0 Å². The number of anilines is 1. The summed E-state index contributed by atoms with van der Waals surface area (Å²) >= 11 is 0. The number of aromatic nitrogens is 1. The topological polar surface area (TPSA) is 59.2 Å². The summed E-state index contributed by atoms with van der Waals surface area (Å²) in [7, 11) is 1.87. The largest absolute Gasteiger partial charge is 0.383 e. The van der Waals surface area contributed by atoms with Crippen LogP contribution in [0.2, 0.25) is 0 Å². The molecular formula is C13H19N3O. The second-order valence-corrected chi connectivity index (χ2v) is 4.64. The molecule has 2 N–H and O–H groups in total. The average Bonchev–Trinajstić information content (AvgIpc) is 2.39. The Balaban J connectivity index is 2.11. The van der Waals surface area contributed by atoms with E-state index in [0.717, 1.165) is 12.8 Å². The molecule has 0 spiro atoms. The molecular weight excluding hydrogens is 214 g/mol. The van der Waals surface area contributed by atoms with Gasteiger partial charge in [-0.1, -0.05) is 19.3 Å². The summed E-state index contributed by atoms with van der Waals surface area (Å²) in [5.74, 6) is 0.308. The van der Waals surface area contributed by atoms with E-state index in [-0.39, 0.29) is 5.91 Å². The number of hydrogen-bond acceptors (Lipinski definition) is 3. The summed E-state index contributed by atoms with van der Waals surface area (Å²) in [4.78, 5) is 18.1. The van der Waals surface area contributed by atoms with E-state index < -0.39 is 0 Å². The van der Waals surface area contributed by atoms with Gasteiger partial charge in [0.15, 0.2) is 0 Å². The van der Waals surface area contributed by atoms with Gasteiger partial charge in [0.1, 0.15) is 5.82 Å².